The second-order valence-electron chi connectivity index (χ2n) is 6.18. The van der Waals surface area contributed by atoms with E-state index in [4.69, 9.17) is 9.88 Å². The van der Waals surface area contributed by atoms with Crippen molar-refractivity contribution >= 4 is 44.2 Å². The van der Waals surface area contributed by atoms with Gasteiger partial charge in [-0.25, -0.2) is 22.9 Å². The summed E-state index contributed by atoms with van der Waals surface area (Å²) in [5.74, 6) is 0.919. The van der Waals surface area contributed by atoms with E-state index in [1.165, 1.54) is 43.6 Å². The van der Waals surface area contributed by atoms with E-state index in [0.29, 0.717) is 34.0 Å². The van der Waals surface area contributed by atoms with Crippen molar-refractivity contribution < 1.29 is 17.5 Å². The standard InChI is InChI=1S/C18H16FN7O3S/c1-29-15-5-3-11(30(20,27)28)9-14(15)22-18-21-7-6-16(24-18)23-17-12-8-10(19)2-4-13(12)25-26-17/h2-9H,1H3,(H2,20,27,28)(H3,21,22,23,24,25,26). The fraction of sp³-hybridized carbons (Fsp3) is 0.0556. The molecule has 0 atom stereocenters. The first-order chi connectivity index (χ1) is 14.3. The average molecular weight is 429 g/mol. The molecule has 0 fully saturated rings. The van der Waals surface area contributed by atoms with Gasteiger partial charge in [-0.05, 0) is 42.5 Å². The minimum Gasteiger partial charge on any atom is -0.495 e. The lowest BCUT2D eigenvalue weighted by atomic mass is 10.2. The van der Waals surface area contributed by atoms with Crippen LogP contribution in [0.1, 0.15) is 0 Å². The van der Waals surface area contributed by atoms with Crippen molar-refractivity contribution in [3.05, 3.63) is 54.5 Å². The fourth-order valence-electron chi connectivity index (χ4n) is 2.77. The van der Waals surface area contributed by atoms with Crippen LogP contribution in [0, 0.1) is 5.82 Å². The van der Waals surface area contributed by atoms with Crippen molar-refractivity contribution in [3.8, 4) is 5.75 Å². The quantitative estimate of drug-likeness (QED) is 0.366. The van der Waals surface area contributed by atoms with Crippen LogP contribution in [-0.2, 0) is 10.0 Å². The third-order valence-corrected chi connectivity index (χ3v) is 5.08. The number of fused-ring (bicyclic) bond motifs is 1. The van der Waals surface area contributed by atoms with Crippen LogP contribution in [0.15, 0.2) is 53.6 Å². The molecule has 12 heteroatoms. The first-order valence-corrected chi connectivity index (χ1v) is 10.1. The Bertz CT molecular complexity index is 1340. The van der Waals surface area contributed by atoms with Gasteiger partial charge in [-0.3, -0.25) is 5.10 Å². The first kappa shape index (κ1) is 19.5. The summed E-state index contributed by atoms with van der Waals surface area (Å²) in [5.41, 5.74) is 0.976. The molecule has 0 saturated carbocycles. The summed E-state index contributed by atoms with van der Waals surface area (Å²) in [5, 5.41) is 18.6. The number of nitrogens with one attached hydrogen (secondary N) is 3. The van der Waals surface area contributed by atoms with Crippen molar-refractivity contribution in [2.45, 2.75) is 4.90 Å². The molecular weight excluding hydrogens is 413 g/mol. The molecule has 0 spiro atoms. The zero-order chi connectivity index (χ0) is 21.3. The largest absolute Gasteiger partial charge is 0.495 e. The zero-order valence-electron chi connectivity index (χ0n) is 15.5. The van der Waals surface area contributed by atoms with Gasteiger partial charge in [-0.15, -0.1) is 0 Å². The molecule has 5 N–H and O–H groups in total. The molecule has 10 nitrogen and oxygen atoms in total. The number of anilines is 4. The summed E-state index contributed by atoms with van der Waals surface area (Å²) in [6, 6.07) is 9.99. The van der Waals surface area contributed by atoms with Crippen molar-refractivity contribution in [1.82, 2.24) is 20.2 Å². The number of aromatic nitrogens is 4. The number of halogens is 1. The van der Waals surface area contributed by atoms with E-state index in [9.17, 15) is 12.8 Å². The third kappa shape index (κ3) is 3.99. The molecular formula is C18H16FN7O3S. The lowest BCUT2D eigenvalue weighted by Gasteiger charge is -2.12. The lowest BCUT2D eigenvalue weighted by Crippen LogP contribution is -2.12. The van der Waals surface area contributed by atoms with E-state index in [-0.39, 0.29) is 16.7 Å². The minimum atomic E-state index is -3.90. The Labute approximate surface area is 170 Å². The van der Waals surface area contributed by atoms with E-state index in [1.807, 2.05) is 0 Å². The van der Waals surface area contributed by atoms with Crippen molar-refractivity contribution in [3.63, 3.8) is 0 Å². The number of ether oxygens (including phenoxy) is 1. The van der Waals surface area contributed by atoms with E-state index < -0.39 is 10.0 Å². The van der Waals surface area contributed by atoms with E-state index in [0.717, 1.165) is 0 Å². The van der Waals surface area contributed by atoms with E-state index in [1.54, 1.807) is 12.1 Å². The monoisotopic (exact) mass is 429 g/mol. The molecule has 0 aliphatic carbocycles. The Morgan fingerprint density at radius 3 is 2.73 bits per heavy atom. The molecule has 0 radical (unpaired) electrons. The number of hydrogen-bond acceptors (Lipinski definition) is 8. The van der Waals surface area contributed by atoms with Gasteiger partial charge in [0.05, 0.1) is 23.2 Å². The highest BCUT2D eigenvalue weighted by atomic mass is 32.2. The normalized spacial score (nSPS) is 11.4. The van der Waals surface area contributed by atoms with E-state index >= 15 is 0 Å². The summed E-state index contributed by atoms with van der Waals surface area (Å²) >= 11 is 0. The van der Waals surface area contributed by atoms with Crippen molar-refractivity contribution in [2.75, 3.05) is 17.7 Å². The number of primary sulfonamides is 1. The molecule has 0 aliphatic heterocycles. The Kier molecular flexibility index (Phi) is 4.93. The van der Waals surface area contributed by atoms with E-state index in [2.05, 4.69) is 30.8 Å². The first-order valence-electron chi connectivity index (χ1n) is 8.55. The summed E-state index contributed by atoms with van der Waals surface area (Å²) < 4.78 is 42.1. The Balaban J connectivity index is 1.63. The smallest absolute Gasteiger partial charge is 0.238 e. The number of H-pyrrole nitrogens is 1. The molecule has 0 unspecified atom stereocenters. The SMILES string of the molecule is COc1ccc(S(N)(=O)=O)cc1Nc1nccc(Nc2n[nH]c3ccc(F)cc23)n1. The second-order valence-corrected chi connectivity index (χ2v) is 7.75. The summed E-state index contributed by atoms with van der Waals surface area (Å²) in [7, 11) is -2.46. The minimum absolute atomic E-state index is 0.0925. The molecule has 0 aliphatic rings. The van der Waals surface area contributed by atoms with Gasteiger partial charge < -0.3 is 15.4 Å². The Hall–Kier alpha value is -3.77. The molecule has 2 aromatic heterocycles. The number of benzene rings is 2. The number of aromatic amines is 1. The predicted octanol–water partition coefficient (Wildman–Crippen LogP) is 2.64. The van der Waals surface area contributed by atoms with Gasteiger partial charge in [0.15, 0.2) is 5.82 Å². The summed E-state index contributed by atoms with van der Waals surface area (Å²) in [4.78, 5) is 8.35. The molecule has 154 valence electrons. The zero-order valence-corrected chi connectivity index (χ0v) is 16.4. The number of nitrogens with two attached hydrogens (primary N) is 1. The number of methoxy groups -OCH3 is 1. The molecule has 0 bridgehead atoms. The van der Waals surface area contributed by atoms with Crippen LogP contribution in [-0.4, -0.2) is 35.7 Å². The maximum atomic E-state index is 13.6. The number of nitrogens with zero attached hydrogens (tertiary/aromatic N) is 3. The Morgan fingerprint density at radius 1 is 1.13 bits per heavy atom. The van der Waals surface area contributed by atoms with Gasteiger partial charge in [-0.2, -0.15) is 10.1 Å². The van der Waals surface area contributed by atoms with Crippen LogP contribution in [0.3, 0.4) is 0 Å². The van der Waals surface area contributed by atoms with Crippen LogP contribution >= 0.6 is 0 Å². The van der Waals surface area contributed by atoms with Gasteiger partial charge in [0.1, 0.15) is 17.4 Å². The highest BCUT2D eigenvalue weighted by molar-refractivity contribution is 7.89. The van der Waals surface area contributed by atoms with Gasteiger partial charge in [0.2, 0.25) is 16.0 Å². The second kappa shape index (κ2) is 7.57. The van der Waals surface area contributed by atoms with Crippen LogP contribution in [0.25, 0.3) is 10.9 Å². The fourth-order valence-corrected chi connectivity index (χ4v) is 3.31. The topological polar surface area (TPSA) is 148 Å². The average Bonchev–Trinajstić information content (AvgIpc) is 3.09. The molecule has 4 rings (SSSR count). The molecule has 0 saturated heterocycles. The van der Waals surface area contributed by atoms with Gasteiger partial charge >= 0.3 is 0 Å². The van der Waals surface area contributed by atoms with Gasteiger partial charge in [0, 0.05) is 11.6 Å². The number of hydrogen-bond donors (Lipinski definition) is 4. The van der Waals surface area contributed by atoms with Crippen LogP contribution in [0.2, 0.25) is 0 Å². The maximum Gasteiger partial charge on any atom is 0.238 e. The van der Waals surface area contributed by atoms with Gasteiger partial charge in [0.25, 0.3) is 0 Å². The third-order valence-electron chi connectivity index (χ3n) is 4.17. The number of sulfonamides is 1. The molecule has 2 aromatic carbocycles. The highest BCUT2D eigenvalue weighted by Crippen LogP contribution is 2.30. The maximum absolute atomic E-state index is 13.6. The van der Waals surface area contributed by atoms with Crippen LogP contribution in [0.5, 0.6) is 5.75 Å². The van der Waals surface area contributed by atoms with Crippen molar-refractivity contribution in [2.24, 2.45) is 5.14 Å². The highest BCUT2D eigenvalue weighted by Gasteiger charge is 2.14. The van der Waals surface area contributed by atoms with Crippen molar-refractivity contribution in [1.29, 1.82) is 0 Å². The predicted molar refractivity (Wildman–Crippen MR) is 109 cm³/mol. The summed E-state index contributed by atoms with van der Waals surface area (Å²) in [6.07, 6.45) is 1.49. The molecule has 30 heavy (non-hydrogen) atoms. The Morgan fingerprint density at radius 2 is 1.97 bits per heavy atom. The van der Waals surface area contributed by atoms with Gasteiger partial charge in [-0.1, -0.05) is 0 Å². The number of rotatable bonds is 6. The van der Waals surface area contributed by atoms with Crippen LogP contribution < -0.4 is 20.5 Å². The summed E-state index contributed by atoms with van der Waals surface area (Å²) in [6.45, 7) is 0. The lowest BCUT2D eigenvalue weighted by molar-refractivity contribution is 0.416. The van der Waals surface area contributed by atoms with Crippen LogP contribution in [0.4, 0.5) is 27.7 Å². The molecule has 0 amide bonds. The molecule has 2 heterocycles. The molecule has 4 aromatic rings.